The van der Waals surface area contributed by atoms with Gasteiger partial charge in [-0.3, -0.25) is 9.59 Å². The van der Waals surface area contributed by atoms with Crippen molar-refractivity contribution in [3.8, 4) is 0 Å². The Morgan fingerprint density at radius 1 is 1.38 bits per heavy atom. The van der Waals surface area contributed by atoms with Crippen molar-refractivity contribution in [2.45, 2.75) is 36.9 Å². The monoisotopic (exact) mass is 334 g/mol. The van der Waals surface area contributed by atoms with Crippen molar-refractivity contribution in [2.75, 3.05) is 6.54 Å². The molecule has 9 heteroatoms. The number of hydrogen-bond donors (Lipinski definition) is 3. The topological polar surface area (TPSA) is 113 Å². The minimum atomic E-state index is -3.83. The van der Waals surface area contributed by atoms with Crippen molar-refractivity contribution in [3.63, 3.8) is 0 Å². The van der Waals surface area contributed by atoms with E-state index in [0.29, 0.717) is 11.4 Å². The van der Waals surface area contributed by atoms with Gasteiger partial charge in [-0.05, 0) is 25.5 Å². The Balaban J connectivity index is 2.74. The first kappa shape index (κ1) is 17.6. The molecule has 1 rings (SSSR count). The molecule has 0 aliphatic rings. The standard InChI is InChI=1S/C12H18N2O5S2/c1-3-6-13-12(17)8(2)14-21(18,19)11-5-4-9(20-11)7-10(15)16/h4-5,8,14H,3,6-7H2,1-2H3,(H,13,17)(H,15,16). The van der Waals surface area contributed by atoms with E-state index in [2.05, 4.69) is 10.0 Å². The van der Waals surface area contributed by atoms with Crippen LogP contribution in [0.2, 0.25) is 0 Å². The molecular weight excluding hydrogens is 316 g/mol. The molecule has 118 valence electrons. The second-order valence-electron chi connectivity index (χ2n) is 4.43. The van der Waals surface area contributed by atoms with Crippen LogP contribution in [0.3, 0.4) is 0 Å². The molecule has 0 radical (unpaired) electrons. The first-order valence-corrected chi connectivity index (χ1v) is 8.66. The normalized spacial score (nSPS) is 12.9. The maximum Gasteiger partial charge on any atom is 0.308 e. The fourth-order valence-electron chi connectivity index (χ4n) is 1.49. The van der Waals surface area contributed by atoms with E-state index in [-0.39, 0.29) is 10.6 Å². The predicted molar refractivity (Wildman–Crippen MR) is 78.7 cm³/mol. The zero-order valence-corrected chi connectivity index (χ0v) is 13.4. The Hall–Kier alpha value is -1.45. The molecule has 0 fully saturated rings. The van der Waals surface area contributed by atoms with Crippen molar-refractivity contribution in [2.24, 2.45) is 0 Å². The number of aliphatic carboxylic acids is 1. The summed E-state index contributed by atoms with van der Waals surface area (Å²) in [6, 6.07) is 1.89. The van der Waals surface area contributed by atoms with Gasteiger partial charge in [0.05, 0.1) is 12.5 Å². The first-order valence-electron chi connectivity index (χ1n) is 6.36. The summed E-state index contributed by atoms with van der Waals surface area (Å²) in [4.78, 5) is 22.7. The van der Waals surface area contributed by atoms with E-state index in [4.69, 9.17) is 5.11 Å². The molecule has 1 atom stereocenters. The molecule has 1 aromatic rings. The van der Waals surface area contributed by atoms with Crippen LogP contribution >= 0.6 is 11.3 Å². The van der Waals surface area contributed by atoms with Crippen LogP contribution in [0.1, 0.15) is 25.1 Å². The molecule has 7 nitrogen and oxygen atoms in total. The third-order valence-corrected chi connectivity index (χ3v) is 5.62. The average molecular weight is 334 g/mol. The number of carbonyl (C=O) groups is 2. The third-order valence-electron chi connectivity index (χ3n) is 2.50. The Morgan fingerprint density at radius 3 is 2.62 bits per heavy atom. The van der Waals surface area contributed by atoms with Crippen LogP contribution in [0, 0.1) is 0 Å². The van der Waals surface area contributed by atoms with Crippen LogP contribution in [0.4, 0.5) is 0 Å². The van der Waals surface area contributed by atoms with Crippen molar-refractivity contribution in [1.82, 2.24) is 10.0 Å². The Morgan fingerprint density at radius 2 is 2.05 bits per heavy atom. The molecule has 1 heterocycles. The van der Waals surface area contributed by atoms with E-state index in [9.17, 15) is 18.0 Å². The fraction of sp³-hybridized carbons (Fsp3) is 0.500. The van der Waals surface area contributed by atoms with Gasteiger partial charge < -0.3 is 10.4 Å². The SMILES string of the molecule is CCCNC(=O)C(C)NS(=O)(=O)c1ccc(CC(=O)O)s1. The van der Waals surface area contributed by atoms with Gasteiger partial charge in [-0.1, -0.05) is 6.92 Å². The summed E-state index contributed by atoms with van der Waals surface area (Å²) < 4.78 is 26.4. The second kappa shape index (κ2) is 7.53. The van der Waals surface area contributed by atoms with Crippen molar-refractivity contribution >= 4 is 33.2 Å². The van der Waals surface area contributed by atoms with Crippen LogP contribution < -0.4 is 10.0 Å². The first-order chi connectivity index (χ1) is 9.76. The summed E-state index contributed by atoms with van der Waals surface area (Å²) in [5.41, 5.74) is 0. The average Bonchev–Trinajstić information content (AvgIpc) is 2.83. The van der Waals surface area contributed by atoms with Gasteiger partial charge in [0, 0.05) is 11.4 Å². The minimum Gasteiger partial charge on any atom is -0.481 e. The zero-order valence-electron chi connectivity index (χ0n) is 11.8. The summed E-state index contributed by atoms with van der Waals surface area (Å²) >= 11 is 0.877. The number of carbonyl (C=O) groups excluding carboxylic acids is 1. The minimum absolute atomic E-state index is 0.00566. The number of nitrogens with one attached hydrogen (secondary N) is 2. The fourth-order valence-corrected chi connectivity index (χ4v) is 4.06. The van der Waals surface area contributed by atoms with E-state index in [1.807, 2.05) is 6.92 Å². The highest BCUT2D eigenvalue weighted by Crippen LogP contribution is 2.22. The molecule has 3 N–H and O–H groups in total. The van der Waals surface area contributed by atoms with Crippen molar-refractivity contribution in [3.05, 3.63) is 17.0 Å². The van der Waals surface area contributed by atoms with Crippen LogP contribution in [-0.2, 0) is 26.0 Å². The number of rotatable bonds is 8. The van der Waals surface area contributed by atoms with Crippen LogP contribution in [0.5, 0.6) is 0 Å². The molecule has 0 saturated carbocycles. The van der Waals surface area contributed by atoms with Gasteiger partial charge in [-0.25, -0.2) is 8.42 Å². The van der Waals surface area contributed by atoms with Gasteiger partial charge in [0.25, 0.3) is 10.0 Å². The summed E-state index contributed by atoms with van der Waals surface area (Å²) in [5.74, 6) is -1.43. The predicted octanol–water partition coefficient (Wildman–Crippen LogP) is 0.568. The van der Waals surface area contributed by atoms with Gasteiger partial charge in [-0.15, -0.1) is 11.3 Å². The second-order valence-corrected chi connectivity index (χ2v) is 7.53. The van der Waals surface area contributed by atoms with E-state index in [0.717, 1.165) is 17.8 Å². The van der Waals surface area contributed by atoms with Crippen LogP contribution in [-0.4, -0.2) is 38.0 Å². The molecular formula is C12H18N2O5S2. The lowest BCUT2D eigenvalue weighted by Crippen LogP contribution is -2.44. The molecule has 0 spiro atoms. The molecule has 0 saturated heterocycles. The maximum absolute atomic E-state index is 12.1. The molecule has 1 aromatic heterocycles. The summed E-state index contributed by atoms with van der Waals surface area (Å²) in [7, 11) is -3.83. The quantitative estimate of drug-likeness (QED) is 0.643. The third kappa shape index (κ3) is 5.44. The van der Waals surface area contributed by atoms with E-state index in [1.165, 1.54) is 19.1 Å². The maximum atomic E-state index is 12.1. The van der Waals surface area contributed by atoms with Crippen molar-refractivity contribution < 1.29 is 23.1 Å². The number of carboxylic acids is 1. The van der Waals surface area contributed by atoms with Gasteiger partial charge in [0.1, 0.15) is 4.21 Å². The zero-order chi connectivity index (χ0) is 16.0. The number of thiophene rings is 1. The molecule has 0 bridgehead atoms. The number of sulfonamides is 1. The Labute approximate surface area is 127 Å². The lowest BCUT2D eigenvalue weighted by Gasteiger charge is -2.13. The number of amides is 1. The summed E-state index contributed by atoms with van der Waals surface area (Å²) in [6.45, 7) is 3.83. The van der Waals surface area contributed by atoms with Crippen LogP contribution in [0.25, 0.3) is 0 Å². The van der Waals surface area contributed by atoms with E-state index in [1.54, 1.807) is 0 Å². The van der Waals surface area contributed by atoms with Gasteiger partial charge in [0.2, 0.25) is 5.91 Å². The number of carboxylic acid groups (broad SMARTS) is 1. The Bertz CT molecular complexity index is 609. The molecule has 0 aliphatic carbocycles. The summed E-state index contributed by atoms with van der Waals surface area (Å²) in [5, 5.41) is 11.3. The number of hydrogen-bond acceptors (Lipinski definition) is 5. The van der Waals surface area contributed by atoms with Gasteiger partial charge >= 0.3 is 5.97 Å². The largest absolute Gasteiger partial charge is 0.481 e. The van der Waals surface area contributed by atoms with Gasteiger partial charge in [-0.2, -0.15) is 4.72 Å². The van der Waals surface area contributed by atoms with E-state index >= 15 is 0 Å². The van der Waals surface area contributed by atoms with E-state index < -0.39 is 27.9 Å². The molecule has 0 aliphatic heterocycles. The molecule has 1 unspecified atom stereocenters. The van der Waals surface area contributed by atoms with Gasteiger partial charge in [0.15, 0.2) is 0 Å². The van der Waals surface area contributed by atoms with Crippen molar-refractivity contribution in [1.29, 1.82) is 0 Å². The highest BCUT2D eigenvalue weighted by Gasteiger charge is 2.23. The highest BCUT2D eigenvalue weighted by atomic mass is 32.2. The lowest BCUT2D eigenvalue weighted by molar-refractivity contribution is -0.136. The molecule has 1 amide bonds. The highest BCUT2D eigenvalue weighted by molar-refractivity contribution is 7.91. The lowest BCUT2D eigenvalue weighted by atomic mass is 10.3. The molecule has 0 aromatic carbocycles. The van der Waals surface area contributed by atoms with Crippen LogP contribution in [0.15, 0.2) is 16.3 Å². The molecule has 21 heavy (non-hydrogen) atoms. The smallest absolute Gasteiger partial charge is 0.308 e. The Kier molecular flexibility index (Phi) is 6.31. The summed E-state index contributed by atoms with van der Waals surface area (Å²) in [6.07, 6.45) is 0.529.